The average molecular weight is 343 g/mol. The van der Waals surface area contributed by atoms with Crippen molar-refractivity contribution in [3.8, 4) is 0 Å². The molecule has 0 saturated heterocycles. The molecule has 4 unspecified atom stereocenters. The Hall–Kier alpha value is -0.180. The lowest BCUT2D eigenvalue weighted by Crippen LogP contribution is -2.45. The molecule has 0 aromatic carbocycles. The summed E-state index contributed by atoms with van der Waals surface area (Å²) in [4.78, 5) is 0. The summed E-state index contributed by atoms with van der Waals surface area (Å²) in [6.07, 6.45) is 9.95. The Labute approximate surface area is 146 Å². The van der Waals surface area contributed by atoms with Gasteiger partial charge < -0.3 is 4.74 Å². The number of alkyl halides is 2. The second kappa shape index (κ2) is 8.47. The Kier molecular flexibility index (Phi) is 6.56. The fraction of sp³-hybridized carbons (Fsp3) is 1.00. The van der Waals surface area contributed by atoms with Crippen LogP contribution in [0, 0.1) is 29.6 Å². The van der Waals surface area contributed by atoms with Crippen LogP contribution in [0.1, 0.15) is 77.6 Å². The van der Waals surface area contributed by atoms with E-state index in [0.717, 1.165) is 37.0 Å². The number of halogens is 2. The van der Waals surface area contributed by atoms with Crippen LogP contribution in [0.3, 0.4) is 0 Å². The van der Waals surface area contributed by atoms with Crippen molar-refractivity contribution in [1.29, 1.82) is 0 Å². The molecule has 1 nitrogen and oxygen atoms in total. The van der Waals surface area contributed by atoms with Gasteiger partial charge in [0.1, 0.15) is 6.17 Å². The topological polar surface area (TPSA) is 9.23 Å². The number of hydrogen-bond acceptors (Lipinski definition) is 1. The van der Waals surface area contributed by atoms with Gasteiger partial charge in [0.05, 0.1) is 6.10 Å². The standard InChI is InChI=1S/C21H36F2O/c1-3-14-4-6-15(7-5-14)16-8-10-17(11-9-16)18-12-13-19(24-2)21(23)20(18)22/h14-21H,3-13H2,1-2H3. The fourth-order valence-electron chi connectivity index (χ4n) is 5.97. The minimum Gasteiger partial charge on any atom is -0.378 e. The summed E-state index contributed by atoms with van der Waals surface area (Å²) in [5.41, 5.74) is 0. The van der Waals surface area contributed by atoms with Gasteiger partial charge in [0.2, 0.25) is 0 Å². The van der Waals surface area contributed by atoms with Crippen molar-refractivity contribution in [2.24, 2.45) is 29.6 Å². The lowest BCUT2D eigenvalue weighted by atomic mass is 9.65. The average Bonchev–Trinajstić information content (AvgIpc) is 2.64. The first kappa shape index (κ1) is 18.6. The molecule has 0 aromatic rings. The van der Waals surface area contributed by atoms with Crippen molar-refractivity contribution >= 4 is 0 Å². The number of hydrogen-bond donors (Lipinski definition) is 0. The van der Waals surface area contributed by atoms with Gasteiger partial charge in [-0.25, -0.2) is 8.78 Å². The molecular formula is C21H36F2O. The molecule has 0 aromatic heterocycles. The highest BCUT2D eigenvalue weighted by Crippen LogP contribution is 2.46. The van der Waals surface area contributed by atoms with Gasteiger partial charge in [-0.15, -0.1) is 0 Å². The maximum atomic E-state index is 14.5. The molecule has 0 bridgehead atoms. The lowest BCUT2D eigenvalue weighted by molar-refractivity contribution is -0.0729. The minimum absolute atomic E-state index is 0.0665. The summed E-state index contributed by atoms with van der Waals surface area (Å²) in [7, 11) is 1.50. The first-order chi connectivity index (χ1) is 11.6. The Bertz CT molecular complexity index is 372. The minimum atomic E-state index is -1.42. The Morgan fingerprint density at radius 2 is 1.25 bits per heavy atom. The van der Waals surface area contributed by atoms with Crippen LogP contribution in [0.15, 0.2) is 0 Å². The van der Waals surface area contributed by atoms with Gasteiger partial charge in [0, 0.05) is 7.11 Å². The smallest absolute Gasteiger partial charge is 0.157 e. The van der Waals surface area contributed by atoms with Crippen molar-refractivity contribution in [3.05, 3.63) is 0 Å². The van der Waals surface area contributed by atoms with E-state index in [9.17, 15) is 8.78 Å². The Balaban J connectivity index is 1.47. The first-order valence-electron chi connectivity index (χ1n) is 10.4. The quantitative estimate of drug-likeness (QED) is 0.599. The second-order valence-corrected chi connectivity index (χ2v) is 8.77. The lowest BCUT2D eigenvalue weighted by Gasteiger charge is -2.43. The first-order valence-corrected chi connectivity index (χ1v) is 10.4. The van der Waals surface area contributed by atoms with Crippen molar-refractivity contribution in [3.63, 3.8) is 0 Å². The van der Waals surface area contributed by atoms with Crippen LogP contribution in [0.2, 0.25) is 0 Å². The van der Waals surface area contributed by atoms with Crippen molar-refractivity contribution in [1.82, 2.24) is 0 Å². The molecule has 3 aliphatic carbocycles. The van der Waals surface area contributed by atoms with Gasteiger partial charge in [0.25, 0.3) is 0 Å². The van der Waals surface area contributed by atoms with Crippen LogP contribution < -0.4 is 0 Å². The van der Waals surface area contributed by atoms with Gasteiger partial charge in [-0.1, -0.05) is 26.2 Å². The Morgan fingerprint density at radius 3 is 1.79 bits per heavy atom. The van der Waals surface area contributed by atoms with E-state index in [1.165, 1.54) is 52.1 Å². The van der Waals surface area contributed by atoms with Gasteiger partial charge in [-0.05, 0) is 81.0 Å². The second-order valence-electron chi connectivity index (χ2n) is 8.77. The Morgan fingerprint density at radius 1 is 0.708 bits per heavy atom. The van der Waals surface area contributed by atoms with Crippen molar-refractivity contribution in [2.75, 3.05) is 7.11 Å². The highest BCUT2D eigenvalue weighted by atomic mass is 19.2. The van der Waals surface area contributed by atoms with Crippen LogP contribution >= 0.6 is 0 Å². The van der Waals surface area contributed by atoms with Gasteiger partial charge >= 0.3 is 0 Å². The molecule has 0 radical (unpaired) electrons. The summed E-state index contributed by atoms with van der Waals surface area (Å²) >= 11 is 0. The summed E-state index contributed by atoms with van der Waals surface area (Å²) in [6, 6.07) is 0. The SMILES string of the molecule is CCC1CCC(C2CCC(C3CCC(OC)C(F)C3F)CC2)CC1. The molecule has 24 heavy (non-hydrogen) atoms. The van der Waals surface area contributed by atoms with E-state index in [0.29, 0.717) is 12.3 Å². The molecule has 3 fully saturated rings. The van der Waals surface area contributed by atoms with Crippen LogP contribution in [0.4, 0.5) is 8.78 Å². The summed E-state index contributed by atoms with van der Waals surface area (Å²) in [5.74, 6) is 3.06. The zero-order valence-electron chi connectivity index (χ0n) is 15.6. The summed E-state index contributed by atoms with van der Waals surface area (Å²) < 4.78 is 33.8. The molecule has 3 heteroatoms. The van der Waals surface area contributed by atoms with Gasteiger partial charge in [0.15, 0.2) is 6.17 Å². The maximum absolute atomic E-state index is 14.5. The fourth-order valence-corrected chi connectivity index (χ4v) is 5.97. The molecule has 0 N–H and O–H groups in total. The predicted octanol–water partition coefficient (Wildman–Crippen LogP) is 6.11. The van der Waals surface area contributed by atoms with Crippen LogP contribution in [0.5, 0.6) is 0 Å². The van der Waals surface area contributed by atoms with Crippen molar-refractivity contribution in [2.45, 2.75) is 96.0 Å². The number of methoxy groups -OCH3 is 1. The summed E-state index contributed by atoms with van der Waals surface area (Å²) in [5, 5.41) is 0. The largest absolute Gasteiger partial charge is 0.378 e. The monoisotopic (exact) mass is 342 g/mol. The normalized spacial score (nSPS) is 47.5. The van der Waals surface area contributed by atoms with Crippen LogP contribution in [-0.4, -0.2) is 25.6 Å². The van der Waals surface area contributed by atoms with E-state index in [4.69, 9.17) is 4.74 Å². The third kappa shape index (κ3) is 3.97. The van der Waals surface area contributed by atoms with Gasteiger partial charge in [-0.3, -0.25) is 0 Å². The molecule has 0 heterocycles. The number of rotatable bonds is 4. The van der Waals surface area contributed by atoms with E-state index in [1.54, 1.807) is 0 Å². The maximum Gasteiger partial charge on any atom is 0.157 e. The predicted molar refractivity (Wildman–Crippen MR) is 94.5 cm³/mol. The van der Waals surface area contributed by atoms with Crippen molar-refractivity contribution < 1.29 is 13.5 Å². The zero-order valence-corrected chi connectivity index (χ0v) is 15.6. The number of ether oxygens (including phenoxy) is 1. The van der Waals surface area contributed by atoms with E-state index in [2.05, 4.69) is 6.92 Å². The zero-order chi connectivity index (χ0) is 17.1. The van der Waals surface area contributed by atoms with E-state index in [1.807, 2.05) is 0 Å². The van der Waals surface area contributed by atoms with E-state index < -0.39 is 18.4 Å². The molecule has 140 valence electrons. The molecule has 3 saturated carbocycles. The van der Waals surface area contributed by atoms with Gasteiger partial charge in [-0.2, -0.15) is 0 Å². The summed E-state index contributed by atoms with van der Waals surface area (Å²) in [6.45, 7) is 2.32. The highest BCUT2D eigenvalue weighted by Gasteiger charge is 2.44. The van der Waals surface area contributed by atoms with Crippen LogP contribution in [0.25, 0.3) is 0 Å². The molecule has 0 amide bonds. The molecule has 0 aliphatic heterocycles. The molecule has 3 aliphatic rings. The molecule has 3 rings (SSSR count). The van der Waals surface area contributed by atoms with E-state index >= 15 is 0 Å². The molecule has 0 spiro atoms. The third-order valence-electron chi connectivity index (χ3n) is 7.71. The van der Waals surface area contributed by atoms with E-state index in [-0.39, 0.29) is 5.92 Å². The molecular weight excluding hydrogens is 306 g/mol. The third-order valence-corrected chi connectivity index (χ3v) is 7.71. The highest BCUT2D eigenvalue weighted by molar-refractivity contribution is 4.93. The molecule has 4 atom stereocenters. The van der Waals surface area contributed by atoms with Crippen LogP contribution in [-0.2, 0) is 4.74 Å².